The number of ether oxygens (including phenoxy) is 1. The fourth-order valence-electron chi connectivity index (χ4n) is 1.81. The predicted molar refractivity (Wildman–Crippen MR) is 92.8 cm³/mol. The second-order valence-corrected chi connectivity index (χ2v) is 5.92. The number of hydrogen-bond acceptors (Lipinski definition) is 2. The van der Waals surface area contributed by atoms with Gasteiger partial charge >= 0.3 is 6.09 Å². The summed E-state index contributed by atoms with van der Waals surface area (Å²) in [4.78, 5) is 11.5. The third kappa shape index (κ3) is 5.69. The van der Waals surface area contributed by atoms with Crippen LogP contribution >= 0.6 is 27.5 Å². The van der Waals surface area contributed by atoms with Crippen LogP contribution in [0.2, 0.25) is 5.02 Å². The second-order valence-electron chi connectivity index (χ2n) is 4.63. The van der Waals surface area contributed by atoms with Gasteiger partial charge < -0.3 is 10.1 Å². The van der Waals surface area contributed by atoms with Crippen molar-refractivity contribution < 1.29 is 13.9 Å². The lowest BCUT2D eigenvalue weighted by Crippen LogP contribution is -2.24. The number of hydrogen-bond donors (Lipinski definition) is 1. The molecule has 0 aliphatic heterocycles. The summed E-state index contributed by atoms with van der Waals surface area (Å²) in [5, 5.41) is 2.88. The maximum Gasteiger partial charge on any atom is 0.407 e. The summed E-state index contributed by atoms with van der Waals surface area (Å²) in [6, 6.07) is 12.2. The minimum atomic E-state index is -0.533. The Kier molecular flexibility index (Phi) is 6.62. The van der Waals surface area contributed by atoms with Crippen LogP contribution in [0.4, 0.5) is 9.18 Å². The van der Waals surface area contributed by atoms with Crippen molar-refractivity contribution in [3.05, 3.63) is 75.0 Å². The maximum absolute atomic E-state index is 13.7. The Morgan fingerprint density at radius 3 is 2.74 bits per heavy atom. The van der Waals surface area contributed by atoms with Crippen LogP contribution in [0, 0.1) is 5.82 Å². The van der Waals surface area contributed by atoms with E-state index in [0.29, 0.717) is 15.1 Å². The molecule has 23 heavy (non-hydrogen) atoms. The highest BCUT2D eigenvalue weighted by Gasteiger charge is 2.06. The van der Waals surface area contributed by atoms with Crippen molar-refractivity contribution in [1.82, 2.24) is 5.32 Å². The van der Waals surface area contributed by atoms with Crippen molar-refractivity contribution in [2.45, 2.75) is 6.61 Å². The lowest BCUT2D eigenvalue weighted by molar-refractivity contribution is 0.141. The molecule has 120 valence electrons. The van der Waals surface area contributed by atoms with Crippen molar-refractivity contribution in [3.8, 4) is 0 Å². The number of benzene rings is 2. The highest BCUT2D eigenvalue weighted by Crippen LogP contribution is 2.25. The van der Waals surface area contributed by atoms with E-state index in [9.17, 15) is 9.18 Å². The molecule has 0 bridgehead atoms. The van der Waals surface area contributed by atoms with E-state index in [2.05, 4.69) is 21.2 Å². The number of carbonyl (C=O) groups excluding carboxylic acids is 1. The van der Waals surface area contributed by atoms with Gasteiger partial charge in [0.2, 0.25) is 0 Å². The lowest BCUT2D eigenvalue weighted by atomic mass is 10.2. The third-order valence-electron chi connectivity index (χ3n) is 2.91. The van der Waals surface area contributed by atoms with Gasteiger partial charge in [-0.2, -0.15) is 0 Å². The molecule has 6 heteroatoms. The van der Waals surface area contributed by atoms with E-state index in [1.165, 1.54) is 6.07 Å². The molecule has 2 aromatic carbocycles. The van der Waals surface area contributed by atoms with Crippen LogP contribution in [0.15, 0.2) is 53.0 Å². The molecular weight excluding hydrogens is 385 g/mol. The van der Waals surface area contributed by atoms with E-state index in [1.54, 1.807) is 18.2 Å². The van der Waals surface area contributed by atoms with Crippen LogP contribution in [0.5, 0.6) is 0 Å². The summed E-state index contributed by atoms with van der Waals surface area (Å²) < 4.78 is 19.3. The van der Waals surface area contributed by atoms with Crippen molar-refractivity contribution in [3.63, 3.8) is 0 Å². The molecule has 2 aromatic rings. The van der Waals surface area contributed by atoms with Crippen LogP contribution in [-0.2, 0) is 11.3 Å². The van der Waals surface area contributed by atoms with Gasteiger partial charge in [-0.05, 0) is 17.7 Å². The van der Waals surface area contributed by atoms with E-state index in [0.717, 1.165) is 5.56 Å². The van der Waals surface area contributed by atoms with Crippen molar-refractivity contribution in [2.24, 2.45) is 0 Å². The standard InChI is InChI=1S/C17H14BrClFNO2/c18-15-9-13(19)10-16(20)14(15)7-4-8-21-17(22)23-11-12-5-2-1-3-6-12/h1-7,9-10H,8,11H2,(H,21,22). The van der Waals surface area contributed by atoms with E-state index >= 15 is 0 Å². The van der Waals surface area contributed by atoms with Gasteiger partial charge in [0.1, 0.15) is 12.4 Å². The van der Waals surface area contributed by atoms with Gasteiger partial charge in [-0.1, -0.05) is 70.0 Å². The summed E-state index contributed by atoms with van der Waals surface area (Å²) in [6.07, 6.45) is 2.66. The zero-order valence-corrected chi connectivity index (χ0v) is 14.4. The number of carbonyl (C=O) groups is 1. The molecule has 0 aliphatic carbocycles. The van der Waals surface area contributed by atoms with Crippen LogP contribution in [-0.4, -0.2) is 12.6 Å². The molecule has 0 radical (unpaired) electrons. The Morgan fingerprint density at radius 1 is 1.30 bits per heavy atom. The highest BCUT2D eigenvalue weighted by molar-refractivity contribution is 9.10. The summed E-state index contributed by atoms with van der Waals surface area (Å²) >= 11 is 8.98. The molecule has 0 aromatic heterocycles. The molecule has 0 fully saturated rings. The van der Waals surface area contributed by atoms with E-state index in [4.69, 9.17) is 16.3 Å². The molecule has 2 rings (SSSR count). The normalized spacial score (nSPS) is 10.7. The fourth-order valence-corrected chi connectivity index (χ4v) is 2.71. The predicted octanol–water partition coefficient (Wildman–Crippen LogP) is 5.18. The first-order chi connectivity index (χ1) is 11.1. The summed E-state index contributed by atoms with van der Waals surface area (Å²) in [7, 11) is 0. The van der Waals surface area contributed by atoms with E-state index < -0.39 is 11.9 Å². The average Bonchev–Trinajstić information content (AvgIpc) is 2.52. The number of nitrogens with one attached hydrogen (secondary N) is 1. The molecule has 0 saturated carbocycles. The topological polar surface area (TPSA) is 38.3 Å². The first-order valence-corrected chi connectivity index (χ1v) is 7.99. The Morgan fingerprint density at radius 2 is 2.04 bits per heavy atom. The number of rotatable bonds is 5. The number of amides is 1. The van der Waals surface area contributed by atoms with Crippen LogP contribution in [0.25, 0.3) is 6.08 Å². The average molecular weight is 399 g/mol. The Bertz CT molecular complexity index is 684. The molecule has 0 heterocycles. The van der Waals surface area contributed by atoms with Crippen molar-refractivity contribution in [2.75, 3.05) is 6.54 Å². The van der Waals surface area contributed by atoms with Crippen LogP contribution < -0.4 is 5.32 Å². The monoisotopic (exact) mass is 397 g/mol. The first-order valence-electron chi connectivity index (χ1n) is 6.82. The quantitative estimate of drug-likeness (QED) is 0.753. The molecule has 0 atom stereocenters. The molecule has 3 nitrogen and oxygen atoms in total. The van der Waals surface area contributed by atoms with Crippen LogP contribution in [0.1, 0.15) is 11.1 Å². The number of alkyl carbamates (subject to hydrolysis) is 1. The molecule has 0 saturated heterocycles. The first kappa shape index (κ1) is 17.5. The van der Waals surface area contributed by atoms with Gasteiger partial charge in [0, 0.05) is 21.6 Å². The Labute approximate surface area is 147 Å². The van der Waals surface area contributed by atoms with Crippen LogP contribution in [0.3, 0.4) is 0 Å². The van der Waals surface area contributed by atoms with Gasteiger partial charge in [-0.15, -0.1) is 0 Å². The SMILES string of the molecule is O=C(NCC=Cc1c(F)cc(Cl)cc1Br)OCc1ccccc1. The van der Waals surface area contributed by atoms with E-state index in [-0.39, 0.29) is 13.2 Å². The second kappa shape index (κ2) is 8.70. The molecule has 1 N–H and O–H groups in total. The zero-order chi connectivity index (χ0) is 16.7. The van der Waals surface area contributed by atoms with Gasteiger partial charge in [-0.25, -0.2) is 9.18 Å². The zero-order valence-electron chi connectivity index (χ0n) is 12.1. The maximum atomic E-state index is 13.7. The largest absolute Gasteiger partial charge is 0.445 e. The summed E-state index contributed by atoms with van der Waals surface area (Å²) in [5.74, 6) is -0.438. The molecule has 0 aliphatic rings. The smallest absolute Gasteiger partial charge is 0.407 e. The minimum absolute atomic E-state index is 0.202. The fraction of sp³-hybridized carbons (Fsp3) is 0.118. The van der Waals surface area contributed by atoms with E-state index in [1.807, 2.05) is 30.3 Å². The molecular formula is C17H14BrClFNO2. The van der Waals surface area contributed by atoms with Crippen molar-refractivity contribution >= 4 is 39.7 Å². The molecule has 1 amide bonds. The van der Waals surface area contributed by atoms with Gasteiger partial charge in [0.25, 0.3) is 0 Å². The summed E-state index contributed by atoms with van der Waals surface area (Å²) in [6.45, 7) is 0.426. The summed E-state index contributed by atoms with van der Waals surface area (Å²) in [5.41, 5.74) is 1.28. The van der Waals surface area contributed by atoms with Gasteiger partial charge in [0.15, 0.2) is 0 Å². The number of halogens is 3. The van der Waals surface area contributed by atoms with Crippen molar-refractivity contribution in [1.29, 1.82) is 0 Å². The van der Waals surface area contributed by atoms with Gasteiger partial charge in [-0.3, -0.25) is 0 Å². The lowest BCUT2D eigenvalue weighted by Gasteiger charge is -2.05. The van der Waals surface area contributed by atoms with Gasteiger partial charge in [0.05, 0.1) is 0 Å². The molecule has 0 spiro atoms. The third-order valence-corrected chi connectivity index (χ3v) is 3.78. The minimum Gasteiger partial charge on any atom is -0.445 e. The molecule has 0 unspecified atom stereocenters. The highest BCUT2D eigenvalue weighted by atomic mass is 79.9. The Hall–Kier alpha value is -1.85. The Balaban J connectivity index is 1.79.